The number of hydrogen-bond donors (Lipinski definition) is 1. The Hall–Kier alpha value is -0.940. The molecular formula is C14H25N3O2. The molecular weight excluding hydrogens is 242 g/mol. The van der Waals surface area contributed by atoms with Crippen molar-refractivity contribution in [3.63, 3.8) is 0 Å². The quantitative estimate of drug-likeness (QED) is 0.693. The molecule has 0 aromatic carbocycles. The van der Waals surface area contributed by atoms with Gasteiger partial charge >= 0.3 is 0 Å². The number of nitrogens with one attached hydrogen (secondary N) is 1. The second kappa shape index (κ2) is 7.60. The predicted octanol–water partition coefficient (Wildman–Crippen LogP) is 1.97. The fourth-order valence-electron chi connectivity index (χ4n) is 2.43. The molecule has 0 amide bonds. The lowest BCUT2D eigenvalue weighted by atomic mass is 9.80. The van der Waals surface area contributed by atoms with Gasteiger partial charge in [0.2, 0.25) is 11.8 Å². The molecule has 108 valence electrons. The lowest BCUT2D eigenvalue weighted by Crippen LogP contribution is -2.32. The normalized spacial score (nSPS) is 22.4. The average Bonchev–Trinajstić information content (AvgIpc) is 2.80. The number of rotatable bonds is 9. The van der Waals surface area contributed by atoms with E-state index in [9.17, 15) is 0 Å². The van der Waals surface area contributed by atoms with E-state index in [2.05, 4.69) is 22.4 Å². The lowest BCUT2D eigenvalue weighted by Gasteiger charge is -2.33. The van der Waals surface area contributed by atoms with Crippen LogP contribution in [0, 0.1) is 5.92 Å². The first-order valence-corrected chi connectivity index (χ1v) is 7.45. The van der Waals surface area contributed by atoms with Gasteiger partial charge in [0.1, 0.15) is 0 Å². The van der Waals surface area contributed by atoms with Crippen LogP contribution in [-0.2, 0) is 17.6 Å². The molecule has 1 N–H and O–H groups in total. The largest absolute Gasteiger partial charge is 0.425 e. The van der Waals surface area contributed by atoms with Gasteiger partial charge in [-0.25, -0.2) is 0 Å². The van der Waals surface area contributed by atoms with E-state index < -0.39 is 0 Å². The van der Waals surface area contributed by atoms with Crippen LogP contribution in [-0.4, -0.2) is 36.0 Å². The molecule has 0 spiro atoms. The summed E-state index contributed by atoms with van der Waals surface area (Å²) in [6, 6.07) is 0. The number of hydrogen-bond acceptors (Lipinski definition) is 5. The number of aromatic nitrogens is 2. The van der Waals surface area contributed by atoms with Crippen LogP contribution >= 0.6 is 0 Å². The summed E-state index contributed by atoms with van der Waals surface area (Å²) < 4.78 is 11.2. The van der Waals surface area contributed by atoms with Crippen molar-refractivity contribution in [2.45, 2.75) is 52.1 Å². The third-order valence-electron chi connectivity index (χ3n) is 3.51. The summed E-state index contributed by atoms with van der Waals surface area (Å²) in [7, 11) is 0. The van der Waals surface area contributed by atoms with Crippen molar-refractivity contribution in [3.05, 3.63) is 11.8 Å². The lowest BCUT2D eigenvalue weighted by molar-refractivity contribution is -0.0255. The molecule has 1 saturated carbocycles. The molecule has 0 saturated heterocycles. The Morgan fingerprint density at radius 1 is 1.21 bits per heavy atom. The molecule has 1 heterocycles. The standard InChI is InChI=1S/C14H25N3O2/c1-3-6-15-7-5-13-16-17-14(19-13)10-11-8-12(9-11)18-4-2/h11-12,15H,3-10H2,1-2H3. The van der Waals surface area contributed by atoms with Gasteiger partial charge in [-0.2, -0.15) is 0 Å². The van der Waals surface area contributed by atoms with Gasteiger partial charge in [-0.15, -0.1) is 10.2 Å². The minimum atomic E-state index is 0.454. The Labute approximate surface area is 115 Å². The van der Waals surface area contributed by atoms with Crippen LogP contribution in [0.1, 0.15) is 44.9 Å². The van der Waals surface area contributed by atoms with Crippen LogP contribution < -0.4 is 5.32 Å². The molecule has 0 aliphatic heterocycles. The summed E-state index contributed by atoms with van der Waals surface area (Å²) in [5.74, 6) is 2.19. The minimum Gasteiger partial charge on any atom is -0.425 e. The molecule has 0 bridgehead atoms. The molecule has 2 rings (SSSR count). The third kappa shape index (κ3) is 4.58. The van der Waals surface area contributed by atoms with Crippen LogP contribution in [0.3, 0.4) is 0 Å². The zero-order chi connectivity index (χ0) is 13.5. The Morgan fingerprint density at radius 3 is 2.74 bits per heavy atom. The van der Waals surface area contributed by atoms with E-state index in [1.54, 1.807) is 0 Å². The van der Waals surface area contributed by atoms with Gasteiger partial charge in [-0.05, 0) is 38.6 Å². The van der Waals surface area contributed by atoms with Crippen molar-refractivity contribution in [2.24, 2.45) is 5.92 Å². The van der Waals surface area contributed by atoms with E-state index in [0.29, 0.717) is 12.0 Å². The van der Waals surface area contributed by atoms with Gasteiger partial charge in [-0.3, -0.25) is 0 Å². The van der Waals surface area contributed by atoms with Gasteiger partial charge in [-0.1, -0.05) is 6.92 Å². The van der Waals surface area contributed by atoms with Crippen LogP contribution in [0.4, 0.5) is 0 Å². The van der Waals surface area contributed by atoms with Crippen molar-refractivity contribution >= 4 is 0 Å². The van der Waals surface area contributed by atoms with E-state index in [1.165, 1.54) is 0 Å². The highest BCUT2D eigenvalue weighted by Gasteiger charge is 2.30. The van der Waals surface area contributed by atoms with Crippen LogP contribution in [0.2, 0.25) is 0 Å². The fraction of sp³-hybridized carbons (Fsp3) is 0.857. The smallest absolute Gasteiger partial charge is 0.217 e. The molecule has 5 heteroatoms. The zero-order valence-electron chi connectivity index (χ0n) is 12.0. The molecule has 5 nitrogen and oxygen atoms in total. The Bertz CT molecular complexity index is 361. The summed E-state index contributed by atoms with van der Waals surface area (Å²) in [6.45, 7) is 6.97. The highest BCUT2D eigenvalue weighted by molar-refractivity contribution is 4.90. The van der Waals surface area contributed by atoms with Gasteiger partial charge < -0.3 is 14.5 Å². The first-order chi connectivity index (χ1) is 9.31. The van der Waals surface area contributed by atoms with Gasteiger partial charge in [0.25, 0.3) is 0 Å². The van der Waals surface area contributed by atoms with Gasteiger partial charge in [0.05, 0.1) is 6.10 Å². The molecule has 1 aliphatic rings. The molecule has 1 aromatic rings. The highest BCUT2D eigenvalue weighted by Crippen LogP contribution is 2.32. The van der Waals surface area contributed by atoms with Crippen molar-refractivity contribution in [1.29, 1.82) is 0 Å². The first kappa shape index (κ1) is 14.5. The summed E-state index contributed by atoms with van der Waals surface area (Å²) in [4.78, 5) is 0. The Balaban J connectivity index is 1.64. The minimum absolute atomic E-state index is 0.454. The molecule has 0 atom stereocenters. The maximum absolute atomic E-state index is 5.66. The van der Waals surface area contributed by atoms with Gasteiger partial charge in [0.15, 0.2) is 0 Å². The Morgan fingerprint density at radius 2 is 2.00 bits per heavy atom. The first-order valence-electron chi connectivity index (χ1n) is 7.45. The summed E-state index contributed by atoms with van der Waals surface area (Å²) in [5.41, 5.74) is 0. The maximum atomic E-state index is 5.66. The van der Waals surface area contributed by atoms with Crippen molar-refractivity contribution in [2.75, 3.05) is 19.7 Å². The monoisotopic (exact) mass is 267 g/mol. The fourth-order valence-corrected chi connectivity index (χ4v) is 2.43. The van der Waals surface area contributed by atoms with E-state index >= 15 is 0 Å². The molecule has 1 aliphatic carbocycles. The second-order valence-electron chi connectivity index (χ2n) is 5.21. The van der Waals surface area contributed by atoms with Gasteiger partial charge in [0, 0.05) is 26.0 Å². The number of nitrogens with zero attached hydrogens (tertiary/aromatic N) is 2. The average molecular weight is 267 g/mol. The molecule has 1 fully saturated rings. The van der Waals surface area contributed by atoms with Crippen molar-refractivity contribution in [3.8, 4) is 0 Å². The van der Waals surface area contributed by atoms with E-state index in [1.807, 2.05) is 6.92 Å². The maximum Gasteiger partial charge on any atom is 0.217 e. The summed E-state index contributed by atoms with van der Waals surface area (Å²) >= 11 is 0. The second-order valence-corrected chi connectivity index (χ2v) is 5.21. The molecule has 1 aromatic heterocycles. The van der Waals surface area contributed by atoms with E-state index in [-0.39, 0.29) is 0 Å². The molecule has 0 radical (unpaired) electrons. The number of ether oxygens (including phenoxy) is 1. The highest BCUT2D eigenvalue weighted by atomic mass is 16.5. The molecule has 19 heavy (non-hydrogen) atoms. The topological polar surface area (TPSA) is 60.2 Å². The van der Waals surface area contributed by atoms with Crippen molar-refractivity contribution in [1.82, 2.24) is 15.5 Å². The van der Waals surface area contributed by atoms with Crippen LogP contribution in [0.25, 0.3) is 0 Å². The summed E-state index contributed by atoms with van der Waals surface area (Å²) in [5, 5.41) is 11.5. The predicted molar refractivity (Wildman–Crippen MR) is 73.0 cm³/mol. The SMILES string of the molecule is CCCNCCc1nnc(CC2CC(OCC)C2)o1. The van der Waals surface area contributed by atoms with E-state index in [4.69, 9.17) is 9.15 Å². The summed E-state index contributed by atoms with van der Waals surface area (Å²) in [6.07, 6.45) is 5.58. The molecule has 0 unspecified atom stereocenters. The van der Waals surface area contributed by atoms with E-state index in [0.717, 1.165) is 63.6 Å². The Kier molecular flexibility index (Phi) is 5.79. The van der Waals surface area contributed by atoms with Crippen LogP contribution in [0.15, 0.2) is 4.42 Å². The zero-order valence-corrected chi connectivity index (χ0v) is 12.0. The van der Waals surface area contributed by atoms with Crippen molar-refractivity contribution < 1.29 is 9.15 Å². The third-order valence-corrected chi connectivity index (χ3v) is 3.51. The van der Waals surface area contributed by atoms with Crippen LogP contribution in [0.5, 0.6) is 0 Å².